The highest BCUT2D eigenvalue weighted by molar-refractivity contribution is 6.16. The van der Waals surface area contributed by atoms with Crippen molar-refractivity contribution < 1.29 is 8.83 Å². The van der Waals surface area contributed by atoms with Gasteiger partial charge in [0.2, 0.25) is 0 Å². The van der Waals surface area contributed by atoms with Crippen LogP contribution in [0.3, 0.4) is 0 Å². The monoisotopic (exact) mass is 730 g/mol. The zero-order chi connectivity index (χ0) is 37.5. The van der Waals surface area contributed by atoms with E-state index in [0.29, 0.717) is 17.5 Å². The molecule has 12 aromatic rings. The molecule has 266 valence electrons. The van der Waals surface area contributed by atoms with Crippen molar-refractivity contribution in [2.45, 2.75) is 0 Å². The Morgan fingerprint density at radius 2 is 0.912 bits per heavy atom. The van der Waals surface area contributed by atoms with E-state index in [1.807, 2.05) is 78.9 Å². The second-order valence-electron chi connectivity index (χ2n) is 14.4. The van der Waals surface area contributed by atoms with Gasteiger partial charge in [-0.15, -0.1) is 0 Å². The van der Waals surface area contributed by atoms with Gasteiger partial charge in [0.25, 0.3) is 0 Å². The second kappa shape index (κ2) is 12.3. The van der Waals surface area contributed by atoms with Crippen LogP contribution in [0.5, 0.6) is 0 Å². The highest BCUT2D eigenvalue weighted by atomic mass is 16.3. The minimum Gasteiger partial charge on any atom is -0.456 e. The number of aromatic nitrogens is 4. The predicted octanol–water partition coefficient (Wildman–Crippen LogP) is 13.4. The Morgan fingerprint density at radius 1 is 0.351 bits per heavy atom. The molecule has 0 unspecified atom stereocenters. The van der Waals surface area contributed by atoms with Crippen molar-refractivity contribution in [3.63, 3.8) is 0 Å². The van der Waals surface area contributed by atoms with Crippen molar-refractivity contribution >= 4 is 65.7 Å². The smallest absolute Gasteiger partial charge is 0.167 e. The van der Waals surface area contributed by atoms with Gasteiger partial charge in [0.1, 0.15) is 22.3 Å². The Kier molecular flexibility index (Phi) is 6.83. The van der Waals surface area contributed by atoms with Crippen LogP contribution < -0.4 is 0 Å². The SMILES string of the molecule is c1ccc(-c2nc(-c3ccccc3)nc(-c3cccc4c3oc3cccc(-c5ccc6c(c5)oc5cc(-n7c8ccccc8c8ccccc87)ccc56)c34)n2)cc1. The molecule has 0 aliphatic heterocycles. The average Bonchev–Trinajstić information content (AvgIpc) is 3.96. The Hall–Kier alpha value is -7.83. The van der Waals surface area contributed by atoms with Crippen LogP contribution in [-0.4, -0.2) is 19.5 Å². The Bertz CT molecular complexity index is 3410. The molecule has 0 bridgehead atoms. The molecule has 0 amide bonds. The number of hydrogen-bond acceptors (Lipinski definition) is 5. The average molecular weight is 731 g/mol. The highest BCUT2D eigenvalue weighted by Crippen LogP contribution is 2.42. The summed E-state index contributed by atoms with van der Waals surface area (Å²) in [6, 6.07) is 62.6. The third-order valence-corrected chi connectivity index (χ3v) is 11.1. The normalized spacial score (nSPS) is 11.9. The summed E-state index contributed by atoms with van der Waals surface area (Å²) in [6.07, 6.45) is 0. The lowest BCUT2D eigenvalue weighted by Crippen LogP contribution is -2.00. The summed E-state index contributed by atoms with van der Waals surface area (Å²) in [5, 5.41) is 6.64. The zero-order valence-corrected chi connectivity index (χ0v) is 30.4. The third-order valence-electron chi connectivity index (χ3n) is 11.1. The molecule has 6 nitrogen and oxygen atoms in total. The van der Waals surface area contributed by atoms with Gasteiger partial charge < -0.3 is 13.4 Å². The molecule has 0 spiro atoms. The molecular formula is C51H30N4O2. The van der Waals surface area contributed by atoms with Gasteiger partial charge in [-0.05, 0) is 59.7 Å². The molecule has 4 heterocycles. The molecule has 8 aromatic carbocycles. The quantitative estimate of drug-likeness (QED) is 0.176. The summed E-state index contributed by atoms with van der Waals surface area (Å²) in [5.41, 5.74) is 11.3. The summed E-state index contributed by atoms with van der Waals surface area (Å²) in [6.45, 7) is 0. The van der Waals surface area contributed by atoms with E-state index in [4.69, 9.17) is 23.8 Å². The first-order valence-corrected chi connectivity index (χ1v) is 19.0. The lowest BCUT2D eigenvalue weighted by molar-refractivity contribution is 0.668. The van der Waals surface area contributed by atoms with Crippen molar-refractivity contribution in [3.05, 3.63) is 182 Å². The minimum absolute atomic E-state index is 0.554. The van der Waals surface area contributed by atoms with Gasteiger partial charge in [0, 0.05) is 55.2 Å². The number of fused-ring (bicyclic) bond motifs is 9. The topological polar surface area (TPSA) is 69.9 Å². The van der Waals surface area contributed by atoms with Crippen LogP contribution in [0, 0.1) is 0 Å². The van der Waals surface area contributed by atoms with Crippen LogP contribution in [0.25, 0.3) is 117 Å². The molecule has 0 N–H and O–H groups in total. The lowest BCUT2D eigenvalue weighted by atomic mass is 9.97. The van der Waals surface area contributed by atoms with Gasteiger partial charge in [-0.25, -0.2) is 15.0 Å². The van der Waals surface area contributed by atoms with Crippen LogP contribution in [0.2, 0.25) is 0 Å². The first-order valence-electron chi connectivity index (χ1n) is 19.0. The van der Waals surface area contributed by atoms with Gasteiger partial charge in [0.05, 0.1) is 16.6 Å². The molecule has 0 saturated carbocycles. The fourth-order valence-corrected chi connectivity index (χ4v) is 8.47. The standard InChI is InChI=1S/C51H30N4O2/c1-3-13-31(14-4-1)49-52-50(32-15-5-2-6-16-32)54-51(53-49)41-21-11-20-40-47-35(19-12-24-44(47)57-48(40)41)33-25-27-38-39-28-26-34(30-46(39)56-45(38)29-33)55-42-22-9-7-17-36(42)37-18-8-10-23-43(37)55/h1-30H. The minimum atomic E-state index is 0.554. The fourth-order valence-electron chi connectivity index (χ4n) is 8.47. The Balaban J connectivity index is 0.995. The molecule has 0 aliphatic rings. The van der Waals surface area contributed by atoms with Crippen molar-refractivity contribution in [3.8, 4) is 51.0 Å². The number of para-hydroxylation sites is 3. The first-order chi connectivity index (χ1) is 28.2. The number of benzene rings is 8. The van der Waals surface area contributed by atoms with Crippen LogP contribution in [0.4, 0.5) is 0 Å². The summed E-state index contributed by atoms with van der Waals surface area (Å²) in [5.74, 6) is 1.77. The first kappa shape index (κ1) is 31.5. The number of hydrogen-bond donors (Lipinski definition) is 0. The Labute approximate surface area is 325 Å². The molecular weight excluding hydrogens is 701 g/mol. The maximum absolute atomic E-state index is 6.71. The molecule has 6 heteroatoms. The van der Waals surface area contributed by atoms with Gasteiger partial charge in [-0.3, -0.25) is 0 Å². The highest BCUT2D eigenvalue weighted by Gasteiger charge is 2.20. The third kappa shape index (κ3) is 4.94. The van der Waals surface area contributed by atoms with E-state index >= 15 is 0 Å². The van der Waals surface area contributed by atoms with Gasteiger partial charge >= 0.3 is 0 Å². The van der Waals surface area contributed by atoms with E-state index in [1.165, 1.54) is 21.8 Å². The van der Waals surface area contributed by atoms with E-state index < -0.39 is 0 Å². The summed E-state index contributed by atoms with van der Waals surface area (Å²) in [7, 11) is 0. The largest absolute Gasteiger partial charge is 0.456 e. The molecule has 0 atom stereocenters. The van der Waals surface area contributed by atoms with E-state index in [0.717, 1.165) is 77.4 Å². The van der Waals surface area contributed by atoms with Gasteiger partial charge in [0.15, 0.2) is 17.5 Å². The zero-order valence-electron chi connectivity index (χ0n) is 30.4. The van der Waals surface area contributed by atoms with Crippen molar-refractivity contribution in [1.82, 2.24) is 19.5 Å². The van der Waals surface area contributed by atoms with Crippen molar-refractivity contribution in [1.29, 1.82) is 0 Å². The summed E-state index contributed by atoms with van der Waals surface area (Å²) < 4.78 is 15.7. The summed E-state index contributed by atoms with van der Waals surface area (Å²) in [4.78, 5) is 14.9. The van der Waals surface area contributed by atoms with E-state index in [2.05, 4.69) is 108 Å². The molecule has 0 fully saturated rings. The second-order valence-corrected chi connectivity index (χ2v) is 14.4. The molecule has 0 aliphatic carbocycles. The van der Waals surface area contributed by atoms with Gasteiger partial charge in [-0.2, -0.15) is 0 Å². The molecule has 0 radical (unpaired) electrons. The maximum atomic E-state index is 6.71. The van der Waals surface area contributed by atoms with Crippen LogP contribution in [0.15, 0.2) is 191 Å². The fraction of sp³-hybridized carbons (Fsp3) is 0. The lowest BCUT2D eigenvalue weighted by Gasteiger charge is -2.08. The van der Waals surface area contributed by atoms with E-state index in [-0.39, 0.29) is 0 Å². The maximum Gasteiger partial charge on any atom is 0.167 e. The molecule has 12 rings (SSSR count). The number of nitrogens with zero attached hydrogens (tertiary/aromatic N) is 4. The van der Waals surface area contributed by atoms with Crippen LogP contribution >= 0.6 is 0 Å². The van der Waals surface area contributed by atoms with Crippen molar-refractivity contribution in [2.75, 3.05) is 0 Å². The summed E-state index contributed by atoms with van der Waals surface area (Å²) >= 11 is 0. The predicted molar refractivity (Wildman–Crippen MR) is 230 cm³/mol. The van der Waals surface area contributed by atoms with Crippen LogP contribution in [-0.2, 0) is 0 Å². The molecule has 4 aromatic heterocycles. The number of furan rings is 2. The molecule has 0 saturated heterocycles. The van der Waals surface area contributed by atoms with Crippen molar-refractivity contribution in [2.24, 2.45) is 0 Å². The van der Waals surface area contributed by atoms with E-state index in [1.54, 1.807) is 0 Å². The van der Waals surface area contributed by atoms with E-state index in [9.17, 15) is 0 Å². The Morgan fingerprint density at radius 3 is 1.61 bits per heavy atom. The van der Waals surface area contributed by atoms with Gasteiger partial charge in [-0.1, -0.05) is 127 Å². The number of rotatable bonds is 5. The molecule has 57 heavy (non-hydrogen) atoms. The van der Waals surface area contributed by atoms with Crippen LogP contribution in [0.1, 0.15) is 0 Å².